The monoisotopic (exact) mass is 301 g/mol. The second-order valence-corrected chi connectivity index (χ2v) is 4.52. The average molecular weight is 302 g/mol. The number of hydrogen-bond donors (Lipinski definition) is 0. The number of halogens is 1. The highest BCUT2D eigenvalue weighted by Gasteiger charge is 2.09. The van der Waals surface area contributed by atoms with Crippen molar-refractivity contribution in [3.63, 3.8) is 0 Å². The lowest BCUT2D eigenvalue weighted by atomic mass is 10.1. The number of nitrogens with zero attached hydrogens (tertiary/aromatic N) is 1. The molecule has 1 aromatic rings. The first kappa shape index (κ1) is 14.0. The summed E-state index contributed by atoms with van der Waals surface area (Å²) in [7, 11) is 0. The van der Waals surface area contributed by atoms with Gasteiger partial charge in [-0.25, -0.2) is 0 Å². The molecule has 0 amide bonds. The predicted molar refractivity (Wildman–Crippen MR) is 70.8 cm³/mol. The molecule has 0 N–H and O–H groups in total. The lowest BCUT2D eigenvalue weighted by molar-refractivity contribution is -0.384. The van der Waals surface area contributed by atoms with Crippen LogP contribution < -0.4 is 4.74 Å². The maximum absolute atomic E-state index is 10.6. The van der Waals surface area contributed by atoms with Crippen LogP contribution in [0.5, 0.6) is 5.75 Å². The predicted octanol–water partition coefficient (Wildman–Crippen LogP) is 3.78. The molecule has 0 heterocycles. The summed E-state index contributed by atoms with van der Waals surface area (Å²) in [6.45, 7) is 2.71. The smallest absolute Gasteiger partial charge is 0.273 e. The Bertz CT molecular complexity index is 371. The van der Waals surface area contributed by atoms with Crippen molar-refractivity contribution in [2.45, 2.75) is 19.8 Å². The molecule has 5 heteroatoms. The molecule has 0 aliphatic carbocycles. The van der Waals surface area contributed by atoms with E-state index >= 15 is 0 Å². The van der Waals surface area contributed by atoms with Gasteiger partial charge in [0.2, 0.25) is 0 Å². The molecule has 1 rings (SSSR count). The number of nitro groups is 1. The van der Waals surface area contributed by atoms with Crippen LogP contribution >= 0.6 is 15.9 Å². The first-order valence-electron chi connectivity index (χ1n) is 5.60. The molecule has 0 saturated carbocycles. The Kier molecular flexibility index (Phi) is 5.97. The van der Waals surface area contributed by atoms with E-state index in [0.29, 0.717) is 18.3 Å². The maximum Gasteiger partial charge on any atom is 0.273 e. The van der Waals surface area contributed by atoms with Crippen molar-refractivity contribution in [3.05, 3.63) is 34.4 Å². The van der Waals surface area contributed by atoms with Gasteiger partial charge in [-0.3, -0.25) is 10.1 Å². The van der Waals surface area contributed by atoms with E-state index in [1.165, 1.54) is 12.1 Å². The van der Waals surface area contributed by atoms with Gasteiger partial charge in [-0.15, -0.1) is 0 Å². The van der Waals surface area contributed by atoms with Crippen LogP contribution in [0.3, 0.4) is 0 Å². The topological polar surface area (TPSA) is 52.4 Å². The number of rotatable bonds is 7. The van der Waals surface area contributed by atoms with Gasteiger partial charge in [0.05, 0.1) is 17.6 Å². The molecule has 0 fully saturated rings. The van der Waals surface area contributed by atoms with Crippen molar-refractivity contribution in [1.29, 1.82) is 0 Å². The number of ether oxygens (including phenoxy) is 1. The molecule has 0 aliphatic heterocycles. The molecule has 0 spiro atoms. The third-order valence-electron chi connectivity index (χ3n) is 2.43. The number of benzene rings is 1. The van der Waals surface area contributed by atoms with Gasteiger partial charge < -0.3 is 4.74 Å². The Morgan fingerprint density at radius 1 is 1.53 bits per heavy atom. The van der Waals surface area contributed by atoms with Crippen LogP contribution in [0.4, 0.5) is 5.69 Å². The molecule has 94 valence electrons. The third kappa shape index (κ3) is 4.73. The minimum atomic E-state index is -0.416. The largest absolute Gasteiger partial charge is 0.493 e. The van der Waals surface area contributed by atoms with E-state index in [9.17, 15) is 10.1 Å². The molecule has 0 bridgehead atoms. The molecule has 0 aromatic heterocycles. The Morgan fingerprint density at radius 3 is 2.88 bits per heavy atom. The maximum atomic E-state index is 10.6. The zero-order chi connectivity index (χ0) is 12.7. The van der Waals surface area contributed by atoms with Crippen LogP contribution in [0.2, 0.25) is 0 Å². The van der Waals surface area contributed by atoms with Crippen molar-refractivity contribution in [3.8, 4) is 5.75 Å². The van der Waals surface area contributed by atoms with E-state index in [1.807, 2.05) is 0 Å². The van der Waals surface area contributed by atoms with Gasteiger partial charge in [0.1, 0.15) is 5.75 Å². The second kappa shape index (κ2) is 7.27. The van der Waals surface area contributed by atoms with Crippen LogP contribution in [-0.2, 0) is 0 Å². The molecule has 17 heavy (non-hydrogen) atoms. The summed E-state index contributed by atoms with van der Waals surface area (Å²) in [4.78, 5) is 10.2. The highest BCUT2D eigenvalue weighted by molar-refractivity contribution is 9.09. The van der Waals surface area contributed by atoms with E-state index in [-0.39, 0.29) is 5.69 Å². The summed E-state index contributed by atoms with van der Waals surface area (Å²) in [5.41, 5.74) is 0.0633. The second-order valence-electron chi connectivity index (χ2n) is 3.87. The lowest BCUT2D eigenvalue weighted by Crippen LogP contribution is -2.13. The molecule has 1 atom stereocenters. The van der Waals surface area contributed by atoms with E-state index in [0.717, 1.165) is 18.2 Å². The summed E-state index contributed by atoms with van der Waals surface area (Å²) >= 11 is 3.44. The van der Waals surface area contributed by atoms with Crippen molar-refractivity contribution >= 4 is 21.6 Å². The molecule has 0 saturated heterocycles. The molecular formula is C12H16BrNO3. The SMILES string of the molecule is CCCC(CBr)COc1cccc([N+](=O)[O-])c1. The Labute approximate surface area is 109 Å². The number of alkyl halides is 1. The van der Waals surface area contributed by atoms with Gasteiger partial charge >= 0.3 is 0 Å². The quantitative estimate of drug-likeness (QED) is 0.437. The molecule has 0 radical (unpaired) electrons. The number of non-ortho nitro benzene ring substituents is 1. The fraction of sp³-hybridized carbons (Fsp3) is 0.500. The molecule has 0 aliphatic rings. The van der Waals surface area contributed by atoms with Crippen LogP contribution in [0, 0.1) is 16.0 Å². The first-order valence-corrected chi connectivity index (χ1v) is 6.72. The highest BCUT2D eigenvalue weighted by atomic mass is 79.9. The molecule has 4 nitrogen and oxygen atoms in total. The molecule has 1 aromatic carbocycles. The standard InChI is InChI=1S/C12H16BrNO3/c1-2-4-10(8-13)9-17-12-6-3-5-11(7-12)14(15)16/h3,5-7,10H,2,4,8-9H2,1H3. The number of nitro benzene ring substituents is 1. The summed E-state index contributed by atoms with van der Waals surface area (Å²) in [5.74, 6) is 1.00. The zero-order valence-electron chi connectivity index (χ0n) is 9.77. The average Bonchev–Trinajstić information content (AvgIpc) is 2.34. The Morgan fingerprint density at radius 2 is 2.29 bits per heavy atom. The van der Waals surface area contributed by atoms with Gasteiger partial charge in [0.25, 0.3) is 5.69 Å². The zero-order valence-corrected chi connectivity index (χ0v) is 11.4. The summed E-state index contributed by atoms with van der Waals surface area (Å²) in [6.07, 6.45) is 2.19. The van der Waals surface area contributed by atoms with E-state index in [4.69, 9.17) is 4.74 Å². The normalized spacial score (nSPS) is 12.1. The van der Waals surface area contributed by atoms with E-state index in [2.05, 4.69) is 22.9 Å². The van der Waals surface area contributed by atoms with Gasteiger partial charge in [0, 0.05) is 17.3 Å². The fourth-order valence-corrected chi connectivity index (χ4v) is 2.02. The molecular weight excluding hydrogens is 286 g/mol. The Balaban J connectivity index is 2.56. The Hall–Kier alpha value is -1.10. The third-order valence-corrected chi connectivity index (χ3v) is 3.34. The summed E-state index contributed by atoms with van der Waals surface area (Å²) in [6, 6.07) is 6.29. The summed E-state index contributed by atoms with van der Waals surface area (Å²) < 4.78 is 5.57. The number of hydrogen-bond acceptors (Lipinski definition) is 3. The van der Waals surface area contributed by atoms with Gasteiger partial charge in [-0.2, -0.15) is 0 Å². The van der Waals surface area contributed by atoms with Gasteiger partial charge in [0.15, 0.2) is 0 Å². The minimum Gasteiger partial charge on any atom is -0.493 e. The first-order chi connectivity index (χ1) is 8.17. The van der Waals surface area contributed by atoms with Crippen molar-refractivity contribution in [2.24, 2.45) is 5.92 Å². The van der Waals surface area contributed by atoms with Crippen LogP contribution in [0.25, 0.3) is 0 Å². The summed E-state index contributed by atoms with van der Waals surface area (Å²) in [5, 5.41) is 11.5. The minimum absolute atomic E-state index is 0.0633. The van der Waals surface area contributed by atoms with E-state index < -0.39 is 4.92 Å². The van der Waals surface area contributed by atoms with Crippen molar-refractivity contribution < 1.29 is 9.66 Å². The van der Waals surface area contributed by atoms with Gasteiger partial charge in [-0.1, -0.05) is 35.3 Å². The lowest BCUT2D eigenvalue weighted by Gasteiger charge is -2.14. The van der Waals surface area contributed by atoms with Gasteiger partial charge in [-0.05, 0) is 12.5 Å². The fourth-order valence-electron chi connectivity index (χ4n) is 1.51. The van der Waals surface area contributed by atoms with Crippen molar-refractivity contribution in [2.75, 3.05) is 11.9 Å². The van der Waals surface area contributed by atoms with Crippen LogP contribution in [0.1, 0.15) is 19.8 Å². The highest BCUT2D eigenvalue weighted by Crippen LogP contribution is 2.20. The van der Waals surface area contributed by atoms with Crippen LogP contribution in [-0.4, -0.2) is 16.9 Å². The molecule has 1 unspecified atom stereocenters. The van der Waals surface area contributed by atoms with Crippen molar-refractivity contribution in [1.82, 2.24) is 0 Å². The van der Waals surface area contributed by atoms with Crippen LogP contribution in [0.15, 0.2) is 24.3 Å². The van der Waals surface area contributed by atoms with E-state index in [1.54, 1.807) is 12.1 Å².